The van der Waals surface area contributed by atoms with Crippen LogP contribution in [0.15, 0.2) is 12.1 Å². The zero-order valence-corrected chi connectivity index (χ0v) is 13.1. The molecule has 112 valence electrons. The third-order valence-electron chi connectivity index (χ3n) is 3.23. The molecule has 2 amide bonds. The van der Waals surface area contributed by atoms with E-state index in [2.05, 4.69) is 0 Å². The second-order valence-electron chi connectivity index (χ2n) is 4.62. The molecule has 0 spiro atoms. The van der Waals surface area contributed by atoms with Crippen LogP contribution in [-0.4, -0.2) is 54.3 Å². The van der Waals surface area contributed by atoms with E-state index in [0.717, 1.165) is 9.75 Å². The summed E-state index contributed by atoms with van der Waals surface area (Å²) in [5, 5.41) is 0. The molecule has 1 aliphatic heterocycles. The molecule has 1 aliphatic rings. The highest BCUT2D eigenvalue weighted by molar-refractivity contribution is 7.13. The Morgan fingerprint density at radius 3 is 2.30 bits per heavy atom. The zero-order valence-electron chi connectivity index (χ0n) is 11.5. The molecule has 1 fully saturated rings. The number of nitrogens with two attached hydrogens (primary N) is 1. The number of amides is 2. The van der Waals surface area contributed by atoms with Crippen LogP contribution in [0.5, 0.6) is 0 Å². The third-order valence-corrected chi connectivity index (χ3v) is 4.22. The van der Waals surface area contributed by atoms with Gasteiger partial charge in [0.05, 0.1) is 4.88 Å². The van der Waals surface area contributed by atoms with E-state index in [1.54, 1.807) is 4.90 Å². The molecule has 0 aliphatic carbocycles. The lowest BCUT2D eigenvalue weighted by molar-refractivity contribution is -0.132. The highest BCUT2D eigenvalue weighted by Crippen LogP contribution is 2.18. The molecule has 0 aromatic carbocycles. The Labute approximate surface area is 129 Å². The lowest BCUT2D eigenvalue weighted by atomic mass is 10.2. The Bertz CT molecular complexity index is 470. The molecule has 1 aromatic rings. The monoisotopic (exact) mass is 317 g/mol. The zero-order chi connectivity index (χ0) is 13.8. The summed E-state index contributed by atoms with van der Waals surface area (Å²) in [6.07, 6.45) is 0.387. The fourth-order valence-electron chi connectivity index (χ4n) is 2.15. The van der Waals surface area contributed by atoms with E-state index in [9.17, 15) is 9.59 Å². The molecule has 0 unspecified atom stereocenters. The van der Waals surface area contributed by atoms with Gasteiger partial charge in [-0.2, -0.15) is 0 Å². The van der Waals surface area contributed by atoms with Gasteiger partial charge >= 0.3 is 0 Å². The van der Waals surface area contributed by atoms with Crippen LogP contribution in [0.1, 0.15) is 21.0 Å². The van der Waals surface area contributed by atoms with E-state index in [1.165, 1.54) is 11.3 Å². The number of carbonyl (C=O) groups excluding carboxylic acids is 2. The lowest BCUT2D eigenvalue weighted by Crippen LogP contribution is -2.50. The number of hydrogen-bond acceptors (Lipinski definition) is 4. The Kier molecular flexibility index (Phi) is 6.45. The van der Waals surface area contributed by atoms with E-state index >= 15 is 0 Å². The second-order valence-corrected chi connectivity index (χ2v) is 5.91. The fourth-order valence-corrected chi connectivity index (χ4v) is 2.98. The minimum absolute atomic E-state index is 0. The van der Waals surface area contributed by atoms with Crippen LogP contribution < -0.4 is 5.73 Å². The predicted molar refractivity (Wildman–Crippen MR) is 82.5 cm³/mol. The maximum Gasteiger partial charge on any atom is 0.264 e. The van der Waals surface area contributed by atoms with Gasteiger partial charge in [-0.05, 0) is 19.1 Å². The molecule has 0 radical (unpaired) electrons. The number of thiophene rings is 1. The number of hydrogen-bond donors (Lipinski definition) is 1. The van der Waals surface area contributed by atoms with Crippen LogP contribution in [0.2, 0.25) is 0 Å². The first-order valence-corrected chi connectivity index (χ1v) is 7.27. The molecule has 20 heavy (non-hydrogen) atoms. The minimum atomic E-state index is 0. The van der Waals surface area contributed by atoms with Crippen molar-refractivity contribution in [2.24, 2.45) is 5.73 Å². The number of aryl methyl sites for hydroxylation is 1. The molecule has 0 atom stereocenters. The smallest absolute Gasteiger partial charge is 0.264 e. The topological polar surface area (TPSA) is 66.6 Å². The molecule has 2 heterocycles. The van der Waals surface area contributed by atoms with Gasteiger partial charge < -0.3 is 15.5 Å². The van der Waals surface area contributed by atoms with Crippen molar-refractivity contribution < 1.29 is 9.59 Å². The van der Waals surface area contributed by atoms with Crippen LogP contribution >= 0.6 is 23.7 Å². The molecule has 2 N–H and O–H groups in total. The molecule has 5 nitrogen and oxygen atoms in total. The Morgan fingerprint density at radius 2 is 1.80 bits per heavy atom. The van der Waals surface area contributed by atoms with Crippen molar-refractivity contribution in [2.75, 3.05) is 32.7 Å². The highest BCUT2D eigenvalue weighted by atomic mass is 35.5. The summed E-state index contributed by atoms with van der Waals surface area (Å²) in [7, 11) is 0. The van der Waals surface area contributed by atoms with Crippen LogP contribution in [-0.2, 0) is 4.79 Å². The van der Waals surface area contributed by atoms with Gasteiger partial charge in [-0.25, -0.2) is 0 Å². The van der Waals surface area contributed by atoms with Crippen LogP contribution in [0.3, 0.4) is 0 Å². The molecule has 0 bridgehead atoms. The largest absolute Gasteiger partial charge is 0.339 e. The first kappa shape index (κ1) is 16.9. The first-order chi connectivity index (χ1) is 9.11. The van der Waals surface area contributed by atoms with Crippen molar-refractivity contribution in [1.29, 1.82) is 0 Å². The normalized spacial score (nSPS) is 14.9. The Hall–Kier alpha value is -1.11. The molecule has 2 rings (SSSR count). The molecule has 0 saturated carbocycles. The van der Waals surface area contributed by atoms with Gasteiger partial charge in [0, 0.05) is 44.0 Å². The Morgan fingerprint density at radius 1 is 1.20 bits per heavy atom. The summed E-state index contributed by atoms with van der Waals surface area (Å²) in [6.45, 7) is 4.79. The fraction of sp³-hybridized carbons (Fsp3) is 0.538. The lowest BCUT2D eigenvalue weighted by Gasteiger charge is -2.34. The van der Waals surface area contributed by atoms with Gasteiger partial charge in [0.1, 0.15) is 0 Å². The van der Waals surface area contributed by atoms with Crippen molar-refractivity contribution in [2.45, 2.75) is 13.3 Å². The van der Waals surface area contributed by atoms with Crippen LogP contribution in [0, 0.1) is 6.92 Å². The van der Waals surface area contributed by atoms with E-state index < -0.39 is 0 Å². The number of rotatable bonds is 3. The van der Waals surface area contributed by atoms with Gasteiger partial charge in [-0.3, -0.25) is 9.59 Å². The van der Waals surface area contributed by atoms with Crippen molar-refractivity contribution in [3.8, 4) is 0 Å². The summed E-state index contributed by atoms with van der Waals surface area (Å²) in [4.78, 5) is 29.4. The van der Waals surface area contributed by atoms with Gasteiger partial charge in [0.25, 0.3) is 5.91 Å². The average Bonchev–Trinajstić information content (AvgIpc) is 2.85. The molecule has 7 heteroatoms. The van der Waals surface area contributed by atoms with E-state index in [1.807, 2.05) is 24.0 Å². The van der Waals surface area contributed by atoms with Crippen molar-refractivity contribution >= 4 is 35.6 Å². The standard InChI is InChI=1S/C13H19N3O2S.ClH/c1-10-2-3-11(19-10)13(18)16-8-6-15(7-9-16)12(17)4-5-14;/h2-3H,4-9,14H2,1H3;1H. The Balaban J connectivity index is 0.00000200. The summed E-state index contributed by atoms with van der Waals surface area (Å²) in [5.74, 6) is 0.158. The molecule has 1 saturated heterocycles. The van der Waals surface area contributed by atoms with Crippen LogP contribution in [0.25, 0.3) is 0 Å². The van der Waals surface area contributed by atoms with Gasteiger partial charge in [-0.15, -0.1) is 23.7 Å². The quantitative estimate of drug-likeness (QED) is 0.908. The number of halogens is 1. The van der Waals surface area contributed by atoms with Crippen molar-refractivity contribution in [3.63, 3.8) is 0 Å². The maximum atomic E-state index is 12.2. The second kappa shape index (κ2) is 7.61. The van der Waals surface area contributed by atoms with Gasteiger partial charge in [0.2, 0.25) is 5.91 Å². The van der Waals surface area contributed by atoms with E-state index in [0.29, 0.717) is 39.1 Å². The SMILES string of the molecule is Cc1ccc(C(=O)N2CCN(C(=O)CCN)CC2)s1.Cl. The minimum Gasteiger partial charge on any atom is -0.339 e. The molecule has 1 aromatic heterocycles. The summed E-state index contributed by atoms with van der Waals surface area (Å²) in [5.41, 5.74) is 5.38. The van der Waals surface area contributed by atoms with E-state index in [-0.39, 0.29) is 24.2 Å². The predicted octanol–water partition coefficient (Wildman–Crippen LogP) is 1.11. The summed E-state index contributed by atoms with van der Waals surface area (Å²) >= 11 is 1.52. The average molecular weight is 318 g/mol. The summed E-state index contributed by atoms with van der Waals surface area (Å²) < 4.78 is 0. The highest BCUT2D eigenvalue weighted by Gasteiger charge is 2.24. The molecular formula is C13H20ClN3O2S. The first-order valence-electron chi connectivity index (χ1n) is 6.45. The van der Waals surface area contributed by atoms with Gasteiger partial charge in [-0.1, -0.05) is 0 Å². The third kappa shape index (κ3) is 3.94. The maximum absolute atomic E-state index is 12.2. The van der Waals surface area contributed by atoms with E-state index in [4.69, 9.17) is 5.73 Å². The summed E-state index contributed by atoms with van der Waals surface area (Å²) in [6, 6.07) is 3.83. The number of nitrogens with zero attached hydrogens (tertiary/aromatic N) is 2. The van der Waals surface area contributed by atoms with Crippen molar-refractivity contribution in [1.82, 2.24) is 9.80 Å². The van der Waals surface area contributed by atoms with Crippen LogP contribution in [0.4, 0.5) is 0 Å². The van der Waals surface area contributed by atoms with Gasteiger partial charge in [0.15, 0.2) is 0 Å². The number of piperazine rings is 1. The number of carbonyl (C=O) groups is 2. The van der Waals surface area contributed by atoms with Crippen molar-refractivity contribution in [3.05, 3.63) is 21.9 Å². The molecular weight excluding hydrogens is 298 g/mol.